The lowest BCUT2D eigenvalue weighted by atomic mass is 10.2. The molecular weight excluding hydrogens is 442 g/mol. The van der Waals surface area contributed by atoms with Crippen LogP contribution in [0.4, 0.5) is 0 Å². The van der Waals surface area contributed by atoms with E-state index in [2.05, 4.69) is 0 Å². The standard InChI is InChI=1S/C12H14Cl3O4P.H2O4S/c1-3-17-20(16,18-4-2)19-12(8-13)10-6-5-9(14)7-11(10)15;1-5(2,3)4/h5-8H,3-4H2,1-2H3;(H2,1,2,3,4)/b12-8-;. The van der Waals surface area contributed by atoms with Gasteiger partial charge in [0.1, 0.15) is 0 Å². The van der Waals surface area contributed by atoms with E-state index >= 15 is 0 Å². The minimum atomic E-state index is -4.67. The van der Waals surface area contributed by atoms with Crippen molar-refractivity contribution < 1.29 is 35.7 Å². The summed E-state index contributed by atoms with van der Waals surface area (Å²) in [6.07, 6.45) is 0. The molecule has 0 unspecified atom stereocenters. The van der Waals surface area contributed by atoms with Crippen LogP contribution in [-0.4, -0.2) is 30.7 Å². The molecule has 0 fully saturated rings. The maximum absolute atomic E-state index is 12.3. The molecule has 2 N–H and O–H groups in total. The van der Waals surface area contributed by atoms with Crippen LogP contribution in [0.5, 0.6) is 0 Å². The molecule has 0 atom stereocenters. The van der Waals surface area contributed by atoms with Crippen molar-refractivity contribution in [3.05, 3.63) is 39.3 Å². The highest BCUT2D eigenvalue weighted by Gasteiger charge is 2.29. The minimum absolute atomic E-state index is 0.0820. The van der Waals surface area contributed by atoms with E-state index in [1.165, 1.54) is 6.07 Å². The summed E-state index contributed by atoms with van der Waals surface area (Å²) < 4.78 is 59.2. The van der Waals surface area contributed by atoms with Gasteiger partial charge in [-0.15, -0.1) is 0 Å². The second-order valence-corrected chi connectivity index (χ2v) is 7.47. The Hall–Kier alpha value is -0.350. The maximum atomic E-state index is 12.3. The van der Waals surface area contributed by atoms with Gasteiger partial charge in [0.05, 0.1) is 18.2 Å². The van der Waals surface area contributed by atoms with Gasteiger partial charge in [-0.2, -0.15) is 8.42 Å². The Labute approximate surface area is 160 Å². The minimum Gasteiger partial charge on any atom is -0.402 e. The van der Waals surface area contributed by atoms with Gasteiger partial charge in [0.2, 0.25) is 0 Å². The van der Waals surface area contributed by atoms with Crippen LogP contribution in [0.25, 0.3) is 5.76 Å². The molecule has 0 aromatic heterocycles. The van der Waals surface area contributed by atoms with E-state index in [4.69, 9.17) is 65.9 Å². The first kappa shape index (κ1) is 24.7. The Morgan fingerprint density at radius 2 is 1.68 bits per heavy atom. The zero-order chi connectivity index (χ0) is 19.7. The third kappa shape index (κ3) is 11.1. The summed E-state index contributed by atoms with van der Waals surface area (Å²) in [5.41, 5.74) is 1.55. The fourth-order valence-electron chi connectivity index (χ4n) is 1.34. The van der Waals surface area contributed by atoms with Gasteiger partial charge in [-0.3, -0.25) is 18.2 Å². The highest BCUT2D eigenvalue weighted by atomic mass is 35.5. The van der Waals surface area contributed by atoms with Crippen LogP contribution in [-0.2, 0) is 28.5 Å². The lowest BCUT2D eigenvalue weighted by Gasteiger charge is -2.19. The Balaban J connectivity index is 0.00000101. The normalized spacial score (nSPS) is 12.4. The molecule has 0 aliphatic rings. The Kier molecular flexibility index (Phi) is 11.2. The number of hydrogen-bond donors (Lipinski definition) is 2. The van der Waals surface area contributed by atoms with Crippen molar-refractivity contribution >= 4 is 58.8 Å². The molecule has 25 heavy (non-hydrogen) atoms. The smallest absolute Gasteiger partial charge is 0.402 e. The SMILES string of the molecule is CCOP(=O)(OCC)O/C(=C\Cl)c1ccc(Cl)cc1Cl.O=S(=O)(O)O. The maximum Gasteiger partial charge on any atom is 0.530 e. The van der Waals surface area contributed by atoms with Crippen molar-refractivity contribution in [3.63, 3.8) is 0 Å². The lowest BCUT2D eigenvalue weighted by Crippen LogP contribution is -2.00. The summed E-state index contributed by atoms with van der Waals surface area (Å²) >= 11 is 17.6. The van der Waals surface area contributed by atoms with Gasteiger partial charge in [-0.05, 0) is 32.0 Å². The van der Waals surface area contributed by atoms with Crippen LogP contribution in [0.15, 0.2) is 23.7 Å². The van der Waals surface area contributed by atoms with Gasteiger partial charge in [-0.25, -0.2) is 4.57 Å². The number of rotatable bonds is 7. The number of benzene rings is 1. The molecule has 1 aromatic rings. The van der Waals surface area contributed by atoms with E-state index in [1.807, 2.05) is 0 Å². The summed E-state index contributed by atoms with van der Waals surface area (Å²) in [6.45, 7) is 3.69. The average Bonchev–Trinajstić information content (AvgIpc) is 2.44. The van der Waals surface area contributed by atoms with Gasteiger partial charge < -0.3 is 4.52 Å². The van der Waals surface area contributed by atoms with E-state index in [0.29, 0.717) is 15.6 Å². The highest BCUT2D eigenvalue weighted by Crippen LogP contribution is 2.53. The van der Waals surface area contributed by atoms with E-state index in [0.717, 1.165) is 5.54 Å². The molecule has 13 heteroatoms. The summed E-state index contributed by atoms with van der Waals surface area (Å²) in [7, 11) is -8.40. The molecule has 0 radical (unpaired) electrons. The van der Waals surface area contributed by atoms with Crippen LogP contribution >= 0.6 is 42.6 Å². The molecule has 0 heterocycles. The fraction of sp³-hybridized carbons (Fsp3) is 0.333. The van der Waals surface area contributed by atoms with Crippen molar-refractivity contribution in [3.8, 4) is 0 Å². The first-order chi connectivity index (χ1) is 11.5. The van der Waals surface area contributed by atoms with Gasteiger partial charge in [0.25, 0.3) is 0 Å². The molecule has 0 amide bonds. The zero-order valence-electron chi connectivity index (χ0n) is 13.1. The number of hydrogen-bond acceptors (Lipinski definition) is 6. The first-order valence-corrected chi connectivity index (χ1v) is 10.5. The molecule has 0 bridgehead atoms. The molecular formula is C12H16Cl3O8PS. The average molecular weight is 458 g/mol. The molecule has 144 valence electrons. The Bertz CT molecular complexity index is 720. The second kappa shape index (κ2) is 11.4. The molecule has 0 spiro atoms. The van der Waals surface area contributed by atoms with Crippen molar-refractivity contribution in [2.24, 2.45) is 0 Å². The van der Waals surface area contributed by atoms with E-state index < -0.39 is 18.2 Å². The lowest BCUT2D eigenvalue weighted by molar-refractivity contribution is 0.159. The van der Waals surface area contributed by atoms with Crippen molar-refractivity contribution in [1.29, 1.82) is 0 Å². The summed E-state index contributed by atoms with van der Waals surface area (Å²) in [5, 5.41) is 0.773. The van der Waals surface area contributed by atoms with Crippen LogP contribution in [0.1, 0.15) is 19.4 Å². The predicted octanol–water partition coefficient (Wildman–Crippen LogP) is 5.08. The second-order valence-electron chi connectivity index (χ2n) is 3.92. The number of phosphoric ester groups is 1. The summed E-state index contributed by atoms with van der Waals surface area (Å²) in [4.78, 5) is 0. The van der Waals surface area contributed by atoms with E-state index in [9.17, 15) is 4.57 Å². The predicted molar refractivity (Wildman–Crippen MR) is 96.4 cm³/mol. The third-order valence-corrected chi connectivity index (χ3v) is 4.40. The van der Waals surface area contributed by atoms with Crippen molar-refractivity contribution in [2.45, 2.75) is 13.8 Å². The first-order valence-electron chi connectivity index (χ1n) is 6.50. The van der Waals surface area contributed by atoms with Crippen molar-refractivity contribution in [2.75, 3.05) is 13.2 Å². The number of halogens is 3. The Morgan fingerprint density at radius 1 is 1.20 bits per heavy atom. The molecule has 8 nitrogen and oxygen atoms in total. The van der Waals surface area contributed by atoms with Crippen LogP contribution in [0.3, 0.4) is 0 Å². The topological polar surface area (TPSA) is 119 Å². The molecule has 1 aromatic carbocycles. The molecule has 0 saturated carbocycles. The van der Waals surface area contributed by atoms with Crippen LogP contribution in [0, 0.1) is 0 Å². The van der Waals surface area contributed by atoms with Crippen LogP contribution in [0.2, 0.25) is 10.0 Å². The quantitative estimate of drug-likeness (QED) is 0.331. The fourth-order valence-corrected chi connectivity index (χ4v) is 3.27. The van der Waals surface area contributed by atoms with Gasteiger partial charge >= 0.3 is 18.2 Å². The monoisotopic (exact) mass is 456 g/mol. The van der Waals surface area contributed by atoms with E-state index in [-0.39, 0.29) is 19.0 Å². The Morgan fingerprint density at radius 3 is 2.04 bits per heavy atom. The molecule has 0 saturated heterocycles. The summed E-state index contributed by atoms with van der Waals surface area (Å²) in [5.74, 6) is 0.0820. The zero-order valence-corrected chi connectivity index (χ0v) is 17.0. The number of phosphoric acid groups is 1. The molecule has 0 aliphatic carbocycles. The molecule has 0 aliphatic heterocycles. The third-order valence-electron chi connectivity index (χ3n) is 2.08. The largest absolute Gasteiger partial charge is 0.530 e. The van der Waals surface area contributed by atoms with Gasteiger partial charge in [-0.1, -0.05) is 34.8 Å². The molecule has 1 rings (SSSR count). The highest BCUT2D eigenvalue weighted by molar-refractivity contribution is 7.79. The van der Waals surface area contributed by atoms with Crippen LogP contribution < -0.4 is 0 Å². The van der Waals surface area contributed by atoms with Crippen molar-refractivity contribution in [1.82, 2.24) is 0 Å². The van der Waals surface area contributed by atoms with Gasteiger partial charge in [0, 0.05) is 16.1 Å². The van der Waals surface area contributed by atoms with E-state index in [1.54, 1.807) is 26.0 Å². The van der Waals surface area contributed by atoms with Gasteiger partial charge in [0.15, 0.2) is 5.76 Å². The summed E-state index contributed by atoms with van der Waals surface area (Å²) in [6, 6.07) is 4.73.